The zero-order valence-corrected chi connectivity index (χ0v) is 14.6. The molecular formula is C19H19N3O4. The molecule has 0 radical (unpaired) electrons. The maximum Gasteiger partial charge on any atom is 0.364 e. The molecule has 134 valence electrons. The highest BCUT2D eigenvalue weighted by molar-refractivity contribution is 5.89. The lowest BCUT2D eigenvalue weighted by Gasteiger charge is -2.10. The number of methoxy groups -OCH3 is 1. The van der Waals surface area contributed by atoms with Gasteiger partial charge in [0.2, 0.25) is 5.69 Å². The second-order valence-corrected chi connectivity index (χ2v) is 5.38. The van der Waals surface area contributed by atoms with Crippen molar-refractivity contribution in [1.29, 1.82) is 0 Å². The number of carbonyl (C=O) groups excluding carboxylic acids is 1. The lowest BCUT2D eigenvalue weighted by molar-refractivity contribution is 0.0516. The van der Waals surface area contributed by atoms with E-state index in [-0.39, 0.29) is 18.2 Å². The molecular weight excluding hydrogens is 334 g/mol. The van der Waals surface area contributed by atoms with Crippen LogP contribution in [0.5, 0.6) is 17.4 Å². The monoisotopic (exact) mass is 353 g/mol. The first-order chi connectivity index (χ1) is 12.7. The fraction of sp³-hybridized carbons (Fsp3) is 0.211. The van der Waals surface area contributed by atoms with Crippen molar-refractivity contribution in [3.63, 3.8) is 0 Å². The lowest BCUT2D eigenvalue weighted by Crippen LogP contribution is -2.09. The van der Waals surface area contributed by atoms with Gasteiger partial charge in [0, 0.05) is 0 Å². The molecule has 0 atom stereocenters. The average molecular weight is 353 g/mol. The van der Waals surface area contributed by atoms with Crippen molar-refractivity contribution in [2.75, 3.05) is 13.7 Å². The summed E-state index contributed by atoms with van der Waals surface area (Å²) in [5, 5.41) is 8.01. The van der Waals surface area contributed by atoms with E-state index in [2.05, 4.69) is 10.3 Å². The molecule has 0 aliphatic carbocycles. The molecule has 3 aromatic rings. The van der Waals surface area contributed by atoms with Gasteiger partial charge in [-0.25, -0.2) is 9.48 Å². The average Bonchev–Trinajstić information content (AvgIpc) is 3.06. The first-order valence-electron chi connectivity index (χ1n) is 8.17. The van der Waals surface area contributed by atoms with Crippen LogP contribution in [0.2, 0.25) is 0 Å². The Morgan fingerprint density at radius 3 is 2.38 bits per heavy atom. The number of esters is 1. The summed E-state index contributed by atoms with van der Waals surface area (Å²) in [7, 11) is 1.59. The Bertz CT molecular complexity index is 860. The highest BCUT2D eigenvalue weighted by Gasteiger charge is 2.23. The minimum absolute atomic E-state index is 0.0404. The van der Waals surface area contributed by atoms with E-state index in [0.29, 0.717) is 18.0 Å². The lowest BCUT2D eigenvalue weighted by atomic mass is 10.2. The molecule has 1 heterocycles. The van der Waals surface area contributed by atoms with Crippen molar-refractivity contribution in [3.05, 3.63) is 65.9 Å². The van der Waals surface area contributed by atoms with Gasteiger partial charge in [0.25, 0.3) is 5.88 Å². The van der Waals surface area contributed by atoms with Gasteiger partial charge in [-0.05, 0) is 36.8 Å². The number of hydrogen-bond acceptors (Lipinski definition) is 6. The number of aromatic nitrogens is 3. The molecule has 3 rings (SSSR count). The van der Waals surface area contributed by atoms with Crippen LogP contribution in [0.1, 0.15) is 23.0 Å². The molecule has 0 unspecified atom stereocenters. The third kappa shape index (κ3) is 4.00. The summed E-state index contributed by atoms with van der Waals surface area (Å²) in [4.78, 5) is 12.2. The Morgan fingerprint density at radius 1 is 1.04 bits per heavy atom. The molecule has 26 heavy (non-hydrogen) atoms. The Labute approximate surface area is 151 Å². The van der Waals surface area contributed by atoms with Crippen LogP contribution in [0, 0.1) is 0 Å². The van der Waals surface area contributed by atoms with Crippen molar-refractivity contribution >= 4 is 5.97 Å². The molecule has 2 aromatic carbocycles. The molecule has 0 amide bonds. The van der Waals surface area contributed by atoms with E-state index in [1.807, 2.05) is 30.3 Å². The minimum atomic E-state index is -0.574. The van der Waals surface area contributed by atoms with E-state index >= 15 is 0 Å². The largest absolute Gasteiger partial charge is 0.497 e. The molecule has 0 aliphatic heterocycles. The molecule has 0 saturated carbocycles. The van der Waals surface area contributed by atoms with Gasteiger partial charge < -0.3 is 14.2 Å². The SMILES string of the molecule is CCOC(=O)c1nnn(Cc2ccccc2)c1Oc1ccc(OC)cc1. The summed E-state index contributed by atoms with van der Waals surface area (Å²) >= 11 is 0. The number of rotatable bonds is 7. The molecule has 0 saturated heterocycles. The second-order valence-electron chi connectivity index (χ2n) is 5.38. The number of carbonyl (C=O) groups is 1. The molecule has 0 spiro atoms. The van der Waals surface area contributed by atoms with Crippen LogP contribution in [0.15, 0.2) is 54.6 Å². The summed E-state index contributed by atoms with van der Waals surface area (Å²) < 4.78 is 17.6. The minimum Gasteiger partial charge on any atom is -0.497 e. The highest BCUT2D eigenvalue weighted by Crippen LogP contribution is 2.27. The maximum atomic E-state index is 12.2. The molecule has 1 aromatic heterocycles. The van der Waals surface area contributed by atoms with Gasteiger partial charge in [-0.2, -0.15) is 0 Å². The molecule has 7 nitrogen and oxygen atoms in total. The summed E-state index contributed by atoms with van der Waals surface area (Å²) in [5.41, 5.74) is 1.05. The summed E-state index contributed by atoms with van der Waals surface area (Å²) in [6.45, 7) is 2.39. The zero-order valence-electron chi connectivity index (χ0n) is 14.6. The number of hydrogen-bond donors (Lipinski definition) is 0. The quantitative estimate of drug-likeness (QED) is 0.607. The van der Waals surface area contributed by atoms with Crippen LogP contribution in [-0.2, 0) is 11.3 Å². The van der Waals surface area contributed by atoms with Crippen LogP contribution in [0.25, 0.3) is 0 Å². The van der Waals surface area contributed by atoms with Crippen LogP contribution in [0.3, 0.4) is 0 Å². The van der Waals surface area contributed by atoms with Crippen molar-refractivity contribution in [1.82, 2.24) is 15.0 Å². The van der Waals surface area contributed by atoms with Crippen LogP contribution >= 0.6 is 0 Å². The third-order valence-electron chi connectivity index (χ3n) is 3.61. The van der Waals surface area contributed by atoms with Gasteiger partial charge in [-0.1, -0.05) is 35.5 Å². The van der Waals surface area contributed by atoms with E-state index in [9.17, 15) is 4.79 Å². The van der Waals surface area contributed by atoms with Gasteiger partial charge in [0.1, 0.15) is 11.5 Å². The van der Waals surface area contributed by atoms with Crippen molar-refractivity contribution in [2.45, 2.75) is 13.5 Å². The number of benzene rings is 2. The highest BCUT2D eigenvalue weighted by atomic mass is 16.5. The van der Waals surface area contributed by atoms with Crippen molar-refractivity contribution in [2.24, 2.45) is 0 Å². The topological polar surface area (TPSA) is 75.5 Å². The fourth-order valence-corrected chi connectivity index (χ4v) is 2.35. The number of nitrogens with zero attached hydrogens (tertiary/aromatic N) is 3. The predicted octanol–water partition coefficient (Wildman–Crippen LogP) is 3.30. The van der Waals surface area contributed by atoms with E-state index in [1.54, 1.807) is 38.3 Å². The smallest absolute Gasteiger partial charge is 0.364 e. The molecule has 0 fully saturated rings. The van der Waals surface area contributed by atoms with Crippen LogP contribution in [-0.4, -0.2) is 34.7 Å². The molecule has 0 bridgehead atoms. The number of ether oxygens (including phenoxy) is 3. The maximum absolute atomic E-state index is 12.2. The summed E-state index contributed by atoms with van der Waals surface area (Å²) in [6.07, 6.45) is 0. The molecule has 7 heteroatoms. The Morgan fingerprint density at radius 2 is 1.73 bits per heavy atom. The molecule has 0 N–H and O–H groups in total. The van der Waals surface area contributed by atoms with E-state index < -0.39 is 5.97 Å². The Kier molecular flexibility index (Phi) is 5.48. The van der Waals surface area contributed by atoms with Gasteiger partial charge in [-0.15, -0.1) is 5.10 Å². The van der Waals surface area contributed by atoms with Gasteiger partial charge in [0.05, 0.1) is 20.3 Å². The molecule has 0 aliphatic rings. The standard InChI is InChI=1S/C19H19N3O4/c1-3-25-19(23)17-18(26-16-11-9-15(24-2)10-12-16)22(21-20-17)13-14-7-5-4-6-8-14/h4-12H,3,13H2,1-2H3. The first kappa shape index (κ1) is 17.5. The van der Waals surface area contributed by atoms with Gasteiger partial charge in [-0.3, -0.25) is 0 Å². The van der Waals surface area contributed by atoms with Gasteiger partial charge >= 0.3 is 5.97 Å². The van der Waals surface area contributed by atoms with E-state index in [0.717, 1.165) is 5.56 Å². The normalized spacial score (nSPS) is 10.4. The first-order valence-corrected chi connectivity index (χ1v) is 8.17. The van der Waals surface area contributed by atoms with Crippen molar-refractivity contribution in [3.8, 4) is 17.4 Å². The second kappa shape index (κ2) is 8.15. The van der Waals surface area contributed by atoms with Gasteiger partial charge in [0.15, 0.2) is 0 Å². The van der Waals surface area contributed by atoms with E-state index in [1.165, 1.54) is 4.68 Å². The summed E-state index contributed by atoms with van der Waals surface area (Å²) in [5.74, 6) is 0.902. The fourth-order valence-electron chi connectivity index (χ4n) is 2.35. The predicted molar refractivity (Wildman–Crippen MR) is 94.6 cm³/mol. The third-order valence-corrected chi connectivity index (χ3v) is 3.61. The van der Waals surface area contributed by atoms with Crippen LogP contribution < -0.4 is 9.47 Å². The zero-order chi connectivity index (χ0) is 18.4. The van der Waals surface area contributed by atoms with Crippen molar-refractivity contribution < 1.29 is 19.0 Å². The Balaban J connectivity index is 1.92. The van der Waals surface area contributed by atoms with E-state index in [4.69, 9.17) is 14.2 Å². The Hall–Kier alpha value is -3.35. The van der Waals surface area contributed by atoms with Crippen LogP contribution in [0.4, 0.5) is 0 Å². The summed E-state index contributed by atoms with van der Waals surface area (Å²) in [6, 6.07) is 16.7.